The number of methoxy groups -OCH3 is 1. The fourth-order valence-corrected chi connectivity index (χ4v) is 9.84. The molecule has 2 aliphatic heterocycles. The molecular formula is C40H31Cl2F3N4O6S. The van der Waals surface area contributed by atoms with Crippen molar-refractivity contribution in [1.29, 1.82) is 0 Å². The lowest BCUT2D eigenvalue weighted by Gasteiger charge is -2.49. The maximum atomic E-state index is 15.2. The molecular weight excluding hydrogens is 792 g/mol. The number of pyridine rings is 1. The summed E-state index contributed by atoms with van der Waals surface area (Å²) < 4.78 is 45.8. The number of phenols is 1. The minimum atomic E-state index is -4.75. The number of phenolic OH excluding ortho intramolecular Hbond substituents is 1. The van der Waals surface area contributed by atoms with E-state index in [1.165, 1.54) is 29.4 Å². The summed E-state index contributed by atoms with van der Waals surface area (Å²) in [6.07, 6.45) is 1.41. The molecule has 2 N–H and O–H groups in total. The van der Waals surface area contributed by atoms with Crippen molar-refractivity contribution < 1.29 is 42.2 Å². The molecule has 16 heteroatoms. The minimum absolute atomic E-state index is 0.00418. The van der Waals surface area contributed by atoms with Gasteiger partial charge in [-0.25, -0.2) is 4.98 Å². The number of nitrogens with one attached hydrogen (secondary N) is 1. The molecule has 0 bridgehead atoms. The van der Waals surface area contributed by atoms with Crippen LogP contribution in [0.15, 0.2) is 90.0 Å². The lowest BCUT2D eigenvalue weighted by molar-refractivity contribution is -0.142. The van der Waals surface area contributed by atoms with Gasteiger partial charge in [0.1, 0.15) is 0 Å². The average molecular weight is 824 g/mol. The van der Waals surface area contributed by atoms with Gasteiger partial charge < -0.3 is 9.84 Å². The number of nitrogens with zero attached hydrogens (tertiary/aromatic N) is 3. The van der Waals surface area contributed by atoms with Gasteiger partial charge in [-0.3, -0.25) is 29.5 Å². The lowest BCUT2D eigenvalue weighted by atomic mass is 9.50. The summed E-state index contributed by atoms with van der Waals surface area (Å²) in [6.45, 7) is 0.116. The van der Waals surface area contributed by atoms with E-state index in [1.54, 1.807) is 48.6 Å². The van der Waals surface area contributed by atoms with E-state index in [0.29, 0.717) is 34.0 Å². The number of fused-ring (bicyclic) bond motifs is 4. The second kappa shape index (κ2) is 14.1. The number of hydrogen-bond donors (Lipinski definition) is 2. The highest BCUT2D eigenvalue weighted by Crippen LogP contribution is 2.61. The second-order valence-electron chi connectivity index (χ2n) is 14.1. The van der Waals surface area contributed by atoms with Crippen LogP contribution < -0.4 is 10.2 Å². The summed E-state index contributed by atoms with van der Waals surface area (Å²) in [4.78, 5) is 64.1. The van der Waals surface area contributed by atoms with Crippen molar-refractivity contribution in [2.24, 2.45) is 29.6 Å². The molecule has 0 unspecified atom stereocenters. The number of amides is 4. The van der Waals surface area contributed by atoms with E-state index >= 15 is 4.79 Å². The van der Waals surface area contributed by atoms with Gasteiger partial charge >= 0.3 is 6.18 Å². The zero-order valence-electron chi connectivity index (χ0n) is 29.3. The third-order valence-electron chi connectivity index (χ3n) is 11.3. The number of anilines is 1. The van der Waals surface area contributed by atoms with Crippen molar-refractivity contribution in [3.63, 3.8) is 0 Å². The molecule has 56 heavy (non-hydrogen) atoms. The van der Waals surface area contributed by atoms with E-state index in [2.05, 4.69) is 10.4 Å². The Hall–Kier alpha value is -5.18. The average Bonchev–Trinajstić information content (AvgIpc) is 3.83. The molecule has 4 aliphatic rings. The van der Waals surface area contributed by atoms with Crippen molar-refractivity contribution in [3.05, 3.63) is 122 Å². The Morgan fingerprint density at radius 1 is 1.04 bits per heavy atom. The van der Waals surface area contributed by atoms with E-state index in [0.717, 1.165) is 9.89 Å². The molecule has 288 valence electrons. The van der Waals surface area contributed by atoms with Crippen molar-refractivity contribution in [2.75, 3.05) is 12.5 Å². The van der Waals surface area contributed by atoms with Gasteiger partial charge in [0.15, 0.2) is 17.3 Å². The highest BCUT2D eigenvalue weighted by molar-refractivity contribution is 7.09. The molecule has 1 saturated carbocycles. The minimum Gasteiger partial charge on any atom is -0.504 e. The molecule has 2 aromatic carbocycles. The molecule has 4 heterocycles. The number of ether oxygens (including phenoxy) is 1. The molecule has 2 aromatic heterocycles. The maximum absolute atomic E-state index is 15.2. The predicted molar refractivity (Wildman–Crippen MR) is 201 cm³/mol. The summed E-state index contributed by atoms with van der Waals surface area (Å²) in [5.74, 6) is -6.55. The molecule has 10 nitrogen and oxygen atoms in total. The number of aromatic nitrogens is 1. The van der Waals surface area contributed by atoms with E-state index in [1.807, 2.05) is 23.6 Å². The summed E-state index contributed by atoms with van der Waals surface area (Å²) in [5.41, 5.74) is 1.52. The molecule has 4 aromatic rings. The summed E-state index contributed by atoms with van der Waals surface area (Å²) in [6, 6.07) is 15.5. The predicted octanol–water partition coefficient (Wildman–Crippen LogP) is 7.91. The van der Waals surface area contributed by atoms with E-state index in [-0.39, 0.29) is 48.5 Å². The van der Waals surface area contributed by atoms with E-state index < -0.39 is 63.6 Å². The molecule has 2 saturated heterocycles. The van der Waals surface area contributed by atoms with Gasteiger partial charge in [-0.05, 0) is 71.7 Å². The lowest BCUT2D eigenvalue weighted by Crippen LogP contribution is -2.54. The summed E-state index contributed by atoms with van der Waals surface area (Å²) in [5, 5.41) is 12.8. The number of imide groups is 2. The van der Waals surface area contributed by atoms with Crippen LogP contribution in [0.1, 0.15) is 34.4 Å². The van der Waals surface area contributed by atoms with Crippen LogP contribution in [0, 0.1) is 29.6 Å². The fourth-order valence-electron chi connectivity index (χ4n) is 8.81. The fraction of sp³-hybridized carbons (Fsp3) is 0.275. The van der Waals surface area contributed by atoms with Crippen molar-refractivity contribution in [2.45, 2.75) is 31.0 Å². The van der Waals surface area contributed by atoms with E-state index in [4.69, 9.17) is 27.9 Å². The summed E-state index contributed by atoms with van der Waals surface area (Å²) >= 11 is 14.0. The number of likely N-dealkylation sites (tertiary alicyclic amines) is 1. The van der Waals surface area contributed by atoms with Crippen LogP contribution in [-0.4, -0.2) is 50.7 Å². The number of hydrogen-bond acceptors (Lipinski definition) is 9. The normalized spacial score (nSPS) is 26.0. The zero-order valence-corrected chi connectivity index (χ0v) is 31.6. The molecule has 4 amide bonds. The van der Waals surface area contributed by atoms with Gasteiger partial charge in [-0.15, -0.1) is 11.3 Å². The van der Waals surface area contributed by atoms with Crippen LogP contribution in [0.3, 0.4) is 0 Å². The maximum Gasteiger partial charge on any atom is 0.417 e. The Bertz CT molecular complexity index is 2340. The van der Waals surface area contributed by atoms with Crippen LogP contribution in [0.4, 0.5) is 19.0 Å². The standard InChI is InChI=1S/C40H31Cl2F3N4O6S/c1-55-32-15-20(5-13-31(32)50)4-12-28-25-10-11-26-33(37(53)48(35(26)51)19-24-3-2-14-56-24)27(25)17-29-36(52)49(38(54)39(28,29)21-6-8-23(41)9-7-21)47-34-30(42)16-22(18-46-34)40(43,44)45/h2-10,12-16,18,26-29,33,50H,11,17,19H2,1H3,(H,46,47)/t26-,27+,28-,29-,33-,39-/m0/s1. The highest BCUT2D eigenvalue weighted by atomic mass is 35.5. The smallest absolute Gasteiger partial charge is 0.417 e. The second-order valence-corrected chi connectivity index (χ2v) is 16.0. The van der Waals surface area contributed by atoms with Crippen LogP contribution in [-0.2, 0) is 37.3 Å². The number of allylic oxidation sites excluding steroid dienone is 3. The zero-order chi connectivity index (χ0) is 39.7. The SMILES string of the molecule is COc1cc(C=C[C@H]2C3=CC[C@@H]4C(=O)N(Cc5cccs5)C(=O)[C@@H]4[C@@H]3C[C@H]3C(=O)N(Nc4ncc(C(F)(F)F)cc4Cl)C(=O)[C@@]23c2ccc(Cl)cc2)ccc1O. The first kappa shape index (κ1) is 37.7. The van der Waals surface area contributed by atoms with E-state index in [9.17, 15) is 32.7 Å². The first-order valence-electron chi connectivity index (χ1n) is 17.5. The van der Waals surface area contributed by atoms with Gasteiger partial charge in [-0.1, -0.05) is 71.3 Å². The van der Waals surface area contributed by atoms with Crippen molar-refractivity contribution >= 4 is 70.1 Å². The van der Waals surface area contributed by atoms with Gasteiger partial charge in [0.05, 0.1) is 47.4 Å². The Morgan fingerprint density at radius 2 is 1.80 bits per heavy atom. The Morgan fingerprint density at radius 3 is 2.48 bits per heavy atom. The van der Waals surface area contributed by atoms with Crippen molar-refractivity contribution in [3.8, 4) is 11.5 Å². The first-order valence-corrected chi connectivity index (χ1v) is 19.1. The quantitative estimate of drug-likeness (QED) is 0.136. The third kappa shape index (κ3) is 6.05. The number of alkyl halides is 3. The number of thiophene rings is 1. The molecule has 8 rings (SSSR count). The number of rotatable bonds is 8. The van der Waals surface area contributed by atoms with Crippen LogP contribution in [0.5, 0.6) is 11.5 Å². The monoisotopic (exact) mass is 822 g/mol. The third-order valence-corrected chi connectivity index (χ3v) is 12.7. The van der Waals surface area contributed by atoms with Crippen LogP contribution in [0.2, 0.25) is 10.0 Å². The Kier molecular flexibility index (Phi) is 9.49. The molecule has 0 spiro atoms. The number of carbonyl (C=O) groups excluding carboxylic acids is 4. The summed E-state index contributed by atoms with van der Waals surface area (Å²) in [7, 11) is 1.40. The Balaban J connectivity index is 1.28. The molecule has 0 radical (unpaired) electrons. The van der Waals surface area contributed by atoms with Gasteiger partial charge in [0.25, 0.3) is 11.8 Å². The van der Waals surface area contributed by atoms with Gasteiger partial charge in [0, 0.05) is 22.0 Å². The molecule has 3 fully saturated rings. The van der Waals surface area contributed by atoms with Gasteiger partial charge in [-0.2, -0.15) is 18.2 Å². The Labute approximate surface area is 332 Å². The number of benzene rings is 2. The van der Waals surface area contributed by atoms with Crippen LogP contribution in [0.25, 0.3) is 6.08 Å². The molecule has 2 aliphatic carbocycles. The topological polar surface area (TPSA) is 129 Å². The number of aromatic hydroxyl groups is 1. The van der Waals surface area contributed by atoms with Crippen molar-refractivity contribution in [1.82, 2.24) is 14.9 Å². The van der Waals surface area contributed by atoms with Crippen LogP contribution >= 0.6 is 34.5 Å². The number of carbonyl (C=O) groups is 4. The largest absolute Gasteiger partial charge is 0.504 e. The number of hydrazine groups is 1. The van der Waals surface area contributed by atoms with Gasteiger partial charge in [0.2, 0.25) is 11.8 Å². The first-order chi connectivity index (χ1) is 26.7. The molecule has 6 atom stereocenters. The highest BCUT2D eigenvalue weighted by Gasteiger charge is 2.69. The number of halogens is 5.